The van der Waals surface area contributed by atoms with E-state index in [-0.39, 0.29) is 17.1 Å². The third-order valence-electron chi connectivity index (χ3n) is 4.32. The summed E-state index contributed by atoms with van der Waals surface area (Å²) in [7, 11) is 0. The van der Waals surface area contributed by atoms with Crippen LogP contribution in [0.15, 0.2) is 58.4 Å². The van der Waals surface area contributed by atoms with Crippen LogP contribution >= 0.6 is 27.3 Å². The molecule has 1 amide bonds. The van der Waals surface area contributed by atoms with E-state index < -0.39 is 18.5 Å². The Morgan fingerprint density at radius 2 is 1.55 bits per heavy atom. The predicted octanol–water partition coefficient (Wildman–Crippen LogP) is 4.08. The van der Waals surface area contributed by atoms with E-state index in [9.17, 15) is 19.2 Å². The summed E-state index contributed by atoms with van der Waals surface area (Å²) in [6, 6.07) is 14.4. The number of ether oxygens (including phenoxy) is 1. The van der Waals surface area contributed by atoms with Crippen LogP contribution in [0.4, 0.5) is 5.69 Å². The quantitative estimate of drug-likeness (QED) is 0.454. The molecule has 1 aliphatic rings. The van der Waals surface area contributed by atoms with Gasteiger partial charge in [-0.3, -0.25) is 14.4 Å². The maximum absolute atomic E-state index is 12.7. The van der Waals surface area contributed by atoms with Gasteiger partial charge in [0.15, 0.2) is 18.2 Å². The van der Waals surface area contributed by atoms with E-state index in [0.717, 1.165) is 3.79 Å². The minimum absolute atomic E-state index is 0.229. The molecule has 6 nitrogen and oxygen atoms in total. The first kappa shape index (κ1) is 19.2. The third kappa shape index (κ3) is 3.76. The Labute approximate surface area is 177 Å². The highest BCUT2D eigenvalue weighted by Gasteiger charge is 2.29. The van der Waals surface area contributed by atoms with Crippen LogP contribution in [0, 0.1) is 0 Å². The Morgan fingerprint density at radius 3 is 2.21 bits per heavy atom. The monoisotopic (exact) mass is 469 g/mol. The van der Waals surface area contributed by atoms with Gasteiger partial charge >= 0.3 is 5.97 Å². The van der Waals surface area contributed by atoms with Crippen molar-refractivity contribution in [3.8, 4) is 0 Å². The molecular weight excluding hydrogens is 458 g/mol. The predicted molar refractivity (Wildman–Crippen MR) is 111 cm³/mol. The highest BCUT2D eigenvalue weighted by Crippen LogP contribution is 2.29. The average Bonchev–Trinajstić information content (AvgIpc) is 3.16. The number of rotatable bonds is 4. The second kappa shape index (κ2) is 7.73. The molecule has 0 saturated carbocycles. The van der Waals surface area contributed by atoms with Crippen molar-refractivity contribution in [2.24, 2.45) is 0 Å². The molecule has 1 aliphatic carbocycles. The number of thiophene rings is 1. The summed E-state index contributed by atoms with van der Waals surface area (Å²) in [6.45, 7) is -0.471. The number of fused-ring (bicyclic) bond motifs is 2. The van der Waals surface area contributed by atoms with Crippen molar-refractivity contribution in [1.29, 1.82) is 0 Å². The normalized spacial score (nSPS) is 12.2. The van der Waals surface area contributed by atoms with E-state index >= 15 is 0 Å². The maximum atomic E-state index is 12.7. The first-order valence-corrected chi connectivity index (χ1v) is 10.1. The molecule has 0 fully saturated rings. The van der Waals surface area contributed by atoms with Gasteiger partial charge in [-0.05, 0) is 46.3 Å². The molecule has 29 heavy (non-hydrogen) atoms. The summed E-state index contributed by atoms with van der Waals surface area (Å²) in [6.07, 6.45) is 0. The lowest BCUT2D eigenvalue weighted by atomic mass is 9.84. The second-order valence-corrected chi connectivity index (χ2v) is 8.66. The molecular formula is C21H12BrNO5S. The van der Waals surface area contributed by atoms with Gasteiger partial charge in [-0.15, -0.1) is 11.3 Å². The lowest BCUT2D eigenvalue weighted by molar-refractivity contribution is -0.119. The zero-order valence-electron chi connectivity index (χ0n) is 14.7. The number of carbonyl (C=O) groups is 4. The van der Waals surface area contributed by atoms with Crippen LogP contribution in [0.1, 0.15) is 41.5 Å². The van der Waals surface area contributed by atoms with E-state index in [0.29, 0.717) is 27.3 Å². The van der Waals surface area contributed by atoms with E-state index in [2.05, 4.69) is 21.2 Å². The minimum Gasteiger partial charge on any atom is -0.451 e. The molecule has 0 atom stereocenters. The zero-order valence-corrected chi connectivity index (χ0v) is 17.1. The van der Waals surface area contributed by atoms with Crippen LogP contribution in [-0.4, -0.2) is 30.0 Å². The Morgan fingerprint density at radius 1 is 0.897 bits per heavy atom. The smallest absolute Gasteiger partial charge is 0.348 e. The highest BCUT2D eigenvalue weighted by atomic mass is 79.9. The van der Waals surface area contributed by atoms with Gasteiger partial charge in [0, 0.05) is 27.9 Å². The van der Waals surface area contributed by atoms with Gasteiger partial charge in [-0.25, -0.2) is 4.79 Å². The SMILES string of the molecule is O=C(COC(=O)c1ccc(Br)s1)Nc1ccc2c(c1)C(=O)c1ccccc1C2=O. The van der Waals surface area contributed by atoms with Gasteiger partial charge < -0.3 is 10.1 Å². The molecule has 1 N–H and O–H groups in total. The fraction of sp³-hybridized carbons (Fsp3) is 0.0476. The van der Waals surface area contributed by atoms with E-state index in [1.165, 1.54) is 29.5 Å². The largest absolute Gasteiger partial charge is 0.451 e. The molecule has 3 aromatic rings. The van der Waals surface area contributed by atoms with Crippen LogP contribution in [0.25, 0.3) is 0 Å². The topological polar surface area (TPSA) is 89.5 Å². The first-order valence-electron chi connectivity index (χ1n) is 8.49. The molecule has 4 rings (SSSR count). The van der Waals surface area contributed by atoms with Crippen LogP contribution in [-0.2, 0) is 9.53 Å². The molecule has 0 saturated heterocycles. The summed E-state index contributed by atoms with van der Waals surface area (Å²) in [5, 5.41) is 2.58. The van der Waals surface area contributed by atoms with Gasteiger partial charge in [0.2, 0.25) is 0 Å². The Balaban J connectivity index is 1.47. The summed E-state index contributed by atoms with van der Waals surface area (Å²) >= 11 is 4.46. The summed E-state index contributed by atoms with van der Waals surface area (Å²) in [5.41, 5.74) is 1.57. The van der Waals surface area contributed by atoms with E-state index in [1.54, 1.807) is 36.4 Å². The van der Waals surface area contributed by atoms with Gasteiger partial charge in [0.1, 0.15) is 4.88 Å². The van der Waals surface area contributed by atoms with Crippen LogP contribution in [0.5, 0.6) is 0 Å². The number of hydrogen-bond acceptors (Lipinski definition) is 6. The van der Waals surface area contributed by atoms with Gasteiger partial charge in [0.25, 0.3) is 5.91 Å². The average molecular weight is 470 g/mol. The third-order valence-corrected chi connectivity index (χ3v) is 5.92. The number of carbonyl (C=O) groups excluding carboxylic acids is 4. The van der Waals surface area contributed by atoms with Crippen molar-refractivity contribution in [2.75, 3.05) is 11.9 Å². The molecule has 1 aromatic heterocycles. The summed E-state index contributed by atoms with van der Waals surface area (Å²) < 4.78 is 5.77. The van der Waals surface area contributed by atoms with Crippen molar-refractivity contribution in [2.45, 2.75) is 0 Å². The van der Waals surface area contributed by atoms with E-state index in [4.69, 9.17) is 4.74 Å². The molecule has 8 heteroatoms. The molecule has 1 heterocycles. The van der Waals surface area contributed by atoms with Gasteiger partial charge in [-0.2, -0.15) is 0 Å². The Kier molecular flexibility index (Phi) is 5.12. The van der Waals surface area contributed by atoms with Crippen molar-refractivity contribution >= 4 is 56.4 Å². The number of ketones is 2. The fourth-order valence-corrected chi connectivity index (χ4v) is 4.28. The van der Waals surface area contributed by atoms with Crippen molar-refractivity contribution < 1.29 is 23.9 Å². The van der Waals surface area contributed by atoms with Gasteiger partial charge in [-0.1, -0.05) is 24.3 Å². The molecule has 0 radical (unpaired) electrons. The summed E-state index contributed by atoms with van der Waals surface area (Å²) in [5.74, 6) is -1.66. The van der Waals surface area contributed by atoms with Crippen molar-refractivity contribution in [3.63, 3.8) is 0 Å². The number of hydrogen-bond donors (Lipinski definition) is 1. The Hall–Kier alpha value is -3.10. The maximum Gasteiger partial charge on any atom is 0.348 e. The molecule has 0 unspecified atom stereocenters. The molecule has 0 aliphatic heterocycles. The number of anilines is 1. The molecule has 144 valence electrons. The van der Waals surface area contributed by atoms with Crippen LogP contribution < -0.4 is 5.32 Å². The number of halogens is 1. The number of amides is 1. The lowest BCUT2D eigenvalue weighted by Crippen LogP contribution is -2.23. The second-order valence-electron chi connectivity index (χ2n) is 6.19. The summed E-state index contributed by atoms with van der Waals surface area (Å²) in [4.78, 5) is 49.7. The minimum atomic E-state index is -0.598. The highest BCUT2D eigenvalue weighted by molar-refractivity contribution is 9.11. The first-order chi connectivity index (χ1) is 13.9. The van der Waals surface area contributed by atoms with Crippen molar-refractivity contribution in [1.82, 2.24) is 0 Å². The van der Waals surface area contributed by atoms with Crippen LogP contribution in [0.3, 0.4) is 0 Å². The fourth-order valence-electron chi connectivity index (χ4n) is 3.00. The van der Waals surface area contributed by atoms with Crippen LogP contribution in [0.2, 0.25) is 0 Å². The number of nitrogens with one attached hydrogen (secondary N) is 1. The molecule has 0 spiro atoms. The van der Waals surface area contributed by atoms with E-state index in [1.807, 2.05) is 0 Å². The Bertz CT molecular complexity index is 1180. The standard InChI is InChI=1S/C21H12BrNO5S/c22-17-8-7-16(29-17)21(27)28-10-18(24)23-11-5-6-14-15(9-11)20(26)13-4-2-1-3-12(13)19(14)25/h1-9H,10H2,(H,23,24). The zero-order chi connectivity index (χ0) is 20.5. The molecule has 2 aromatic carbocycles. The number of benzene rings is 2. The number of esters is 1. The van der Waals surface area contributed by atoms with Crippen molar-refractivity contribution in [3.05, 3.63) is 85.5 Å². The molecule has 0 bridgehead atoms. The van der Waals surface area contributed by atoms with Gasteiger partial charge in [0.05, 0.1) is 3.79 Å². The lowest BCUT2D eigenvalue weighted by Gasteiger charge is -2.18.